The monoisotopic (exact) mass is 364 g/mol. The Bertz CT molecular complexity index is 700. The van der Waals surface area contributed by atoms with Crippen molar-refractivity contribution in [1.82, 2.24) is 10.2 Å². The van der Waals surface area contributed by atoms with Gasteiger partial charge in [-0.3, -0.25) is 9.69 Å². The van der Waals surface area contributed by atoms with E-state index < -0.39 is 0 Å². The summed E-state index contributed by atoms with van der Waals surface area (Å²) in [5.41, 5.74) is 5.09. The molecule has 0 aliphatic carbocycles. The van der Waals surface area contributed by atoms with Crippen molar-refractivity contribution in [2.24, 2.45) is 0 Å². The standard InChI is InChI=1S/C24H32N2O/c1-2-20-6-8-21(9-7-20)14-15-24(27)25-18-22-10-12-23(13-11-22)19-26-16-4-3-5-17-26/h6-13H,2-5,14-19H2,1H3,(H,25,27). The molecule has 0 unspecified atom stereocenters. The molecule has 0 radical (unpaired) electrons. The Kier molecular flexibility index (Phi) is 7.46. The Morgan fingerprint density at radius 3 is 2.11 bits per heavy atom. The normalized spacial score (nSPS) is 14.9. The first kappa shape index (κ1) is 19.6. The number of amides is 1. The molecule has 2 aromatic rings. The number of hydrogen-bond acceptors (Lipinski definition) is 2. The summed E-state index contributed by atoms with van der Waals surface area (Å²) in [5.74, 6) is 0.118. The molecule has 2 aromatic carbocycles. The Balaban J connectivity index is 1.38. The van der Waals surface area contributed by atoms with Crippen LogP contribution < -0.4 is 5.32 Å². The smallest absolute Gasteiger partial charge is 0.220 e. The van der Waals surface area contributed by atoms with Gasteiger partial charge in [0.15, 0.2) is 0 Å². The fraction of sp³-hybridized carbons (Fsp3) is 0.458. The molecule has 1 fully saturated rings. The topological polar surface area (TPSA) is 32.3 Å². The number of aryl methyl sites for hydroxylation is 2. The zero-order valence-electron chi connectivity index (χ0n) is 16.5. The van der Waals surface area contributed by atoms with Crippen LogP contribution in [-0.4, -0.2) is 23.9 Å². The lowest BCUT2D eigenvalue weighted by atomic mass is 10.1. The van der Waals surface area contributed by atoms with Crippen LogP contribution in [0.4, 0.5) is 0 Å². The molecule has 3 heteroatoms. The lowest BCUT2D eigenvalue weighted by Gasteiger charge is -2.26. The molecule has 0 atom stereocenters. The van der Waals surface area contributed by atoms with Crippen LogP contribution in [0.3, 0.4) is 0 Å². The second-order valence-corrected chi connectivity index (χ2v) is 7.60. The van der Waals surface area contributed by atoms with E-state index in [1.54, 1.807) is 0 Å². The highest BCUT2D eigenvalue weighted by atomic mass is 16.1. The highest BCUT2D eigenvalue weighted by Crippen LogP contribution is 2.14. The Hall–Kier alpha value is -2.13. The van der Waals surface area contributed by atoms with E-state index in [0.29, 0.717) is 13.0 Å². The third-order valence-corrected chi connectivity index (χ3v) is 5.44. The maximum absolute atomic E-state index is 12.1. The number of carbonyl (C=O) groups is 1. The first-order valence-electron chi connectivity index (χ1n) is 10.4. The van der Waals surface area contributed by atoms with E-state index in [-0.39, 0.29) is 5.91 Å². The van der Waals surface area contributed by atoms with Crippen LogP contribution in [0.25, 0.3) is 0 Å². The van der Waals surface area contributed by atoms with Crippen molar-refractivity contribution < 1.29 is 4.79 Å². The van der Waals surface area contributed by atoms with Gasteiger partial charge in [-0.1, -0.05) is 61.9 Å². The molecular formula is C24H32N2O. The van der Waals surface area contributed by atoms with Crippen molar-refractivity contribution in [3.63, 3.8) is 0 Å². The molecule has 144 valence electrons. The van der Waals surface area contributed by atoms with Crippen LogP contribution in [0.2, 0.25) is 0 Å². The molecule has 1 saturated heterocycles. The zero-order chi connectivity index (χ0) is 18.9. The summed E-state index contributed by atoms with van der Waals surface area (Å²) in [4.78, 5) is 14.7. The van der Waals surface area contributed by atoms with E-state index in [0.717, 1.165) is 24.9 Å². The highest BCUT2D eigenvalue weighted by Gasteiger charge is 2.10. The van der Waals surface area contributed by atoms with Crippen LogP contribution in [0.1, 0.15) is 54.9 Å². The van der Waals surface area contributed by atoms with Gasteiger partial charge < -0.3 is 5.32 Å². The lowest BCUT2D eigenvalue weighted by Crippen LogP contribution is -2.29. The summed E-state index contributed by atoms with van der Waals surface area (Å²) in [6.45, 7) is 6.25. The molecule has 3 rings (SSSR count). The Morgan fingerprint density at radius 2 is 1.44 bits per heavy atom. The minimum absolute atomic E-state index is 0.118. The predicted octanol–water partition coefficient (Wildman–Crippen LogP) is 4.48. The quantitative estimate of drug-likeness (QED) is 0.749. The predicted molar refractivity (Wildman–Crippen MR) is 112 cm³/mol. The van der Waals surface area contributed by atoms with E-state index in [4.69, 9.17) is 0 Å². The van der Waals surface area contributed by atoms with Crippen molar-refractivity contribution in [2.75, 3.05) is 13.1 Å². The molecule has 1 amide bonds. The fourth-order valence-electron chi connectivity index (χ4n) is 3.63. The molecule has 1 N–H and O–H groups in total. The highest BCUT2D eigenvalue weighted by molar-refractivity contribution is 5.76. The van der Waals surface area contributed by atoms with Gasteiger partial charge in [0.2, 0.25) is 5.91 Å². The molecule has 0 aromatic heterocycles. The third-order valence-electron chi connectivity index (χ3n) is 5.44. The maximum Gasteiger partial charge on any atom is 0.220 e. The molecule has 1 heterocycles. The van der Waals surface area contributed by atoms with Gasteiger partial charge in [-0.15, -0.1) is 0 Å². The average Bonchev–Trinajstić information content (AvgIpc) is 2.73. The van der Waals surface area contributed by atoms with E-state index >= 15 is 0 Å². The van der Waals surface area contributed by atoms with Gasteiger partial charge in [-0.2, -0.15) is 0 Å². The number of carbonyl (C=O) groups excluding carboxylic acids is 1. The minimum atomic E-state index is 0.118. The fourth-order valence-corrected chi connectivity index (χ4v) is 3.63. The van der Waals surface area contributed by atoms with Crippen molar-refractivity contribution in [3.05, 3.63) is 70.8 Å². The first-order chi connectivity index (χ1) is 13.2. The van der Waals surface area contributed by atoms with Gasteiger partial charge in [0, 0.05) is 19.5 Å². The molecular weight excluding hydrogens is 332 g/mol. The van der Waals surface area contributed by atoms with Crippen LogP contribution >= 0.6 is 0 Å². The number of likely N-dealkylation sites (tertiary alicyclic amines) is 1. The van der Waals surface area contributed by atoms with Gasteiger partial charge in [0.1, 0.15) is 0 Å². The molecule has 27 heavy (non-hydrogen) atoms. The van der Waals surface area contributed by atoms with Gasteiger partial charge in [-0.05, 0) is 61.0 Å². The summed E-state index contributed by atoms with van der Waals surface area (Å²) < 4.78 is 0. The van der Waals surface area contributed by atoms with Crippen LogP contribution in [-0.2, 0) is 30.7 Å². The van der Waals surface area contributed by atoms with Gasteiger partial charge in [0.25, 0.3) is 0 Å². The molecule has 0 saturated carbocycles. The molecule has 1 aliphatic heterocycles. The van der Waals surface area contributed by atoms with E-state index in [1.807, 2.05) is 0 Å². The number of nitrogens with one attached hydrogen (secondary N) is 1. The van der Waals surface area contributed by atoms with Crippen molar-refractivity contribution in [3.8, 4) is 0 Å². The van der Waals surface area contributed by atoms with Crippen molar-refractivity contribution in [2.45, 2.75) is 58.5 Å². The zero-order valence-corrected chi connectivity index (χ0v) is 16.5. The SMILES string of the molecule is CCc1ccc(CCC(=O)NCc2ccc(CN3CCCCC3)cc2)cc1. The largest absolute Gasteiger partial charge is 0.352 e. The maximum atomic E-state index is 12.1. The molecule has 0 bridgehead atoms. The van der Waals surface area contributed by atoms with Crippen LogP contribution in [0.15, 0.2) is 48.5 Å². The summed E-state index contributed by atoms with van der Waals surface area (Å²) in [5, 5.41) is 3.04. The van der Waals surface area contributed by atoms with E-state index in [2.05, 4.69) is 65.7 Å². The number of hydrogen-bond donors (Lipinski definition) is 1. The van der Waals surface area contributed by atoms with Crippen molar-refractivity contribution in [1.29, 1.82) is 0 Å². The third kappa shape index (κ3) is 6.51. The summed E-state index contributed by atoms with van der Waals surface area (Å²) in [7, 11) is 0. The second kappa shape index (κ2) is 10.3. The summed E-state index contributed by atoms with van der Waals surface area (Å²) >= 11 is 0. The first-order valence-corrected chi connectivity index (χ1v) is 10.4. The molecule has 0 spiro atoms. The van der Waals surface area contributed by atoms with Crippen molar-refractivity contribution >= 4 is 5.91 Å². The lowest BCUT2D eigenvalue weighted by molar-refractivity contribution is -0.121. The number of rotatable bonds is 8. The minimum Gasteiger partial charge on any atom is -0.352 e. The average molecular weight is 365 g/mol. The van der Waals surface area contributed by atoms with E-state index in [9.17, 15) is 4.79 Å². The van der Waals surface area contributed by atoms with Gasteiger partial charge in [-0.25, -0.2) is 0 Å². The van der Waals surface area contributed by atoms with Gasteiger partial charge in [0.05, 0.1) is 0 Å². The summed E-state index contributed by atoms with van der Waals surface area (Å²) in [6.07, 6.45) is 6.42. The second-order valence-electron chi connectivity index (χ2n) is 7.60. The van der Waals surface area contributed by atoms with E-state index in [1.165, 1.54) is 49.0 Å². The number of nitrogens with zero attached hydrogens (tertiary/aromatic N) is 1. The Labute approximate surface area is 163 Å². The van der Waals surface area contributed by atoms with Crippen LogP contribution in [0, 0.1) is 0 Å². The number of benzene rings is 2. The number of piperidine rings is 1. The Morgan fingerprint density at radius 1 is 0.852 bits per heavy atom. The van der Waals surface area contributed by atoms with Crippen LogP contribution in [0.5, 0.6) is 0 Å². The summed E-state index contributed by atoms with van der Waals surface area (Å²) in [6, 6.07) is 17.3. The van der Waals surface area contributed by atoms with Gasteiger partial charge >= 0.3 is 0 Å². The molecule has 3 nitrogen and oxygen atoms in total. The molecule has 1 aliphatic rings.